The lowest BCUT2D eigenvalue weighted by Crippen LogP contribution is -2.32. The van der Waals surface area contributed by atoms with E-state index in [2.05, 4.69) is 112 Å². The van der Waals surface area contributed by atoms with Crippen molar-refractivity contribution in [3.63, 3.8) is 0 Å². The van der Waals surface area contributed by atoms with Crippen LogP contribution in [0.15, 0.2) is 24.3 Å². The lowest BCUT2D eigenvalue weighted by Gasteiger charge is -2.32. The first kappa shape index (κ1) is 31.5. The second kappa shape index (κ2) is 11.1. The number of nitrogens with zero attached hydrogens (tertiary/aromatic N) is 1. The Hall–Kier alpha value is -2.04. The summed E-state index contributed by atoms with van der Waals surface area (Å²) in [5, 5.41) is 23.1. The molecule has 2 aromatic carbocycles. The van der Waals surface area contributed by atoms with Crippen LogP contribution < -0.4 is 0 Å². The third kappa shape index (κ3) is 7.79. The molecule has 1 fully saturated rings. The highest BCUT2D eigenvalue weighted by Gasteiger charge is 2.29. The molecule has 39 heavy (non-hydrogen) atoms. The molecule has 4 heteroatoms. The molecule has 1 aliphatic heterocycles. The summed E-state index contributed by atoms with van der Waals surface area (Å²) in [7, 11) is 0. The van der Waals surface area contributed by atoms with E-state index in [4.69, 9.17) is 4.74 Å². The smallest absolute Gasteiger partial charge is 0.123 e. The quantitative estimate of drug-likeness (QED) is 0.388. The van der Waals surface area contributed by atoms with Crippen molar-refractivity contribution in [1.29, 1.82) is 0 Å². The summed E-state index contributed by atoms with van der Waals surface area (Å²) in [4.78, 5) is 2.36. The molecule has 0 bridgehead atoms. The Bertz CT molecular complexity index is 1060. The average molecular weight is 538 g/mol. The molecule has 2 N–H and O–H groups in total. The summed E-state index contributed by atoms with van der Waals surface area (Å²) < 4.78 is 6.06. The lowest BCUT2D eigenvalue weighted by atomic mass is 9.78. The van der Waals surface area contributed by atoms with Gasteiger partial charge in [0.1, 0.15) is 11.5 Å². The monoisotopic (exact) mass is 537 g/mol. The number of aromatic hydroxyl groups is 2. The van der Waals surface area contributed by atoms with Crippen molar-refractivity contribution >= 4 is 0 Å². The van der Waals surface area contributed by atoms with Crippen molar-refractivity contribution in [1.82, 2.24) is 4.90 Å². The largest absolute Gasteiger partial charge is 0.507 e. The van der Waals surface area contributed by atoms with Gasteiger partial charge in [-0.25, -0.2) is 0 Å². The normalized spacial score (nSPS) is 17.3. The first-order chi connectivity index (χ1) is 17.7. The lowest BCUT2D eigenvalue weighted by molar-refractivity contribution is 0.0672. The van der Waals surface area contributed by atoms with Gasteiger partial charge in [0.15, 0.2) is 0 Å². The van der Waals surface area contributed by atoms with Crippen molar-refractivity contribution in [2.45, 2.75) is 137 Å². The van der Waals surface area contributed by atoms with E-state index in [1.165, 1.54) is 11.1 Å². The zero-order chi connectivity index (χ0) is 29.6. The molecule has 1 heterocycles. The predicted octanol–water partition coefficient (Wildman–Crippen LogP) is 8.47. The summed E-state index contributed by atoms with van der Waals surface area (Å²) >= 11 is 0. The molecule has 218 valence electrons. The van der Waals surface area contributed by atoms with Gasteiger partial charge < -0.3 is 14.9 Å². The van der Waals surface area contributed by atoms with Crippen molar-refractivity contribution in [2.75, 3.05) is 13.2 Å². The summed E-state index contributed by atoms with van der Waals surface area (Å²) in [5.41, 5.74) is 5.85. The van der Waals surface area contributed by atoms with Crippen molar-refractivity contribution < 1.29 is 14.9 Å². The van der Waals surface area contributed by atoms with Crippen LogP contribution in [-0.2, 0) is 39.5 Å². The number of rotatable bonds is 6. The van der Waals surface area contributed by atoms with Crippen molar-refractivity contribution in [3.8, 4) is 11.5 Å². The maximum Gasteiger partial charge on any atom is 0.123 e. The van der Waals surface area contributed by atoms with Crippen molar-refractivity contribution in [2.24, 2.45) is 0 Å². The van der Waals surface area contributed by atoms with Crippen LogP contribution in [0.25, 0.3) is 0 Å². The van der Waals surface area contributed by atoms with Gasteiger partial charge >= 0.3 is 0 Å². The first-order valence-electron chi connectivity index (χ1n) is 14.8. The van der Waals surface area contributed by atoms with E-state index < -0.39 is 0 Å². The zero-order valence-corrected chi connectivity index (χ0v) is 26.9. The van der Waals surface area contributed by atoms with Gasteiger partial charge in [-0.1, -0.05) is 107 Å². The maximum absolute atomic E-state index is 11.5. The fourth-order valence-corrected chi connectivity index (χ4v) is 5.38. The number of ether oxygens (including phenoxy) is 1. The molecule has 0 aromatic heterocycles. The number of hydrogen-bond donors (Lipinski definition) is 2. The fraction of sp³-hybridized carbons (Fsp3) is 0.657. The van der Waals surface area contributed by atoms with E-state index >= 15 is 0 Å². The Morgan fingerprint density at radius 3 is 1.38 bits per heavy atom. The van der Waals surface area contributed by atoms with Gasteiger partial charge in [-0.15, -0.1) is 0 Å². The van der Waals surface area contributed by atoms with E-state index in [-0.39, 0.29) is 27.8 Å². The van der Waals surface area contributed by atoms with Gasteiger partial charge in [0.05, 0.1) is 6.10 Å². The molecule has 4 nitrogen and oxygen atoms in total. The molecule has 0 amide bonds. The third-order valence-electron chi connectivity index (χ3n) is 8.00. The fourth-order valence-electron chi connectivity index (χ4n) is 5.38. The maximum atomic E-state index is 11.5. The van der Waals surface area contributed by atoms with Crippen LogP contribution in [0, 0.1) is 0 Å². The van der Waals surface area contributed by atoms with Crippen LogP contribution >= 0.6 is 0 Å². The molecule has 0 aliphatic carbocycles. The van der Waals surface area contributed by atoms with Crippen molar-refractivity contribution in [3.05, 3.63) is 57.6 Å². The minimum Gasteiger partial charge on any atom is -0.507 e. The van der Waals surface area contributed by atoms with Gasteiger partial charge in [0.2, 0.25) is 0 Å². The van der Waals surface area contributed by atoms with Crippen LogP contribution in [0.1, 0.15) is 129 Å². The van der Waals surface area contributed by atoms with Crippen LogP contribution in [0.2, 0.25) is 0 Å². The zero-order valence-electron chi connectivity index (χ0n) is 26.9. The van der Waals surface area contributed by atoms with Crippen LogP contribution in [0.4, 0.5) is 0 Å². The molecule has 1 atom stereocenters. The van der Waals surface area contributed by atoms with E-state index in [1.54, 1.807) is 0 Å². The van der Waals surface area contributed by atoms with E-state index in [0.717, 1.165) is 48.2 Å². The Morgan fingerprint density at radius 1 is 0.667 bits per heavy atom. The van der Waals surface area contributed by atoms with E-state index in [9.17, 15) is 10.2 Å². The predicted molar refractivity (Wildman–Crippen MR) is 164 cm³/mol. The Labute approximate surface area is 238 Å². The van der Waals surface area contributed by atoms with E-state index in [1.807, 2.05) is 0 Å². The molecule has 2 aromatic rings. The van der Waals surface area contributed by atoms with Crippen LogP contribution in [0.3, 0.4) is 0 Å². The highest BCUT2D eigenvalue weighted by atomic mass is 16.5. The number of phenolic OH excluding ortho intramolecular Hbond substituents is 2. The molecular weight excluding hydrogens is 482 g/mol. The van der Waals surface area contributed by atoms with Gasteiger partial charge in [-0.2, -0.15) is 0 Å². The SMILES string of the molecule is CC(C)(C)c1cc(CN(Cc2cc(C(C)(C)C)cc(C(C)(C)C)c2O)CC2CCCO2)c(O)c(C(C)(C)C)c1. The molecule has 0 radical (unpaired) electrons. The number of hydrogen-bond acceptors (Lipinski definition) is 4. The topological polar surface area (TPSA) is 52.9 Å². The summed E-state index contributed by atoms with van der Waals surface area (Å²) in [6.07, 6.45) is 2.28. The molecule has 1 unspecified atom stereocenters. The Morgan fingerprint density at radius 2 is 1.08 bits per heavy atom. The molecular formula is C35H55NO3. The van der Waals surface area contributed by atoms with Gasteiger partial charge in [0.25, 0.3) is 0 Å². The van der Waals surface area contributed by atoms with Gasteiger partial charge in [-0.3, -0.25) is 4.90 Å². The summed E-state index contributed by atoms with van der Waals surface area (Å²) in [6, 6.07) is 8.72. The molecule has 3 rings (SSSR count). The summed E-state index contributed by atoms with van der Waals surface area (Å²) in [5.74, 6) is 0.770. The second-order valence-electron chi connectivity index (χ2n) is 15.9. The number of phenols is 2. The molecule has 0 saturated carbocycles. The van der Waals surface area contributed by atoms with E-state index in [0.29, 0.717) is 24.6 Å². The third-order valence-corrected chi connectivity index (χ3v) is 8.00. The average Bonchev–Trinajstić information content (AvgIpc) is 3.26. The van der Waals surface area contributed by atoms with Crippen LogP contribution in [0.5, 0.6) is 11.5 Å². The highest BCUT2D eigenvalue weighted by Crippen LogP contribution is 2.40. The minimum atomic E-state index is -0.180. The second-order valence-corrected chi connectivity index (χ2v) is 15.9. The minimum absolute atomic E-state index is 0.0389. The highest BCUT2D eigenvalue weighted by molar-refractivity contribution is 5.50. The Kier molecular flexibility index (Phi) is 8.95. The molecule has 1 saturated heterocycles. The van der Waals surface area contributed by atoms with Gasteiger partial charge in [-0.05, 0) is 56.8 Å². The first-order valence-corrected chi connectivity index (χ1v) is 14.8. The molecule has 1 aliphatic rings. The van der Waals surface area contributed by atoms with Crippen LogP contribution in [-0.4, -0.2) is 34.4 Å². The van der Waals surface area contributed by atoms with Gasteiger partial charge in [0, 0.05) is 37.4 Å². The number of benzene rings is 2. The Balaban J connectivity index is 2.12. The summed E-state index contributed by atoms with van der Waals surface area (Å²) in [6.45, 7) is 29.0. The molecule has 0 spiro atoms. The standard InChI is InChI=1S/C35H55NO3/c1-32(2,3)25-16-23(30(37)28(18-25)34(7,8)9)20-36(22-27-14-13-15-39-27)21-24-17-26(33(4,5)6)19-29(31(24)38)35(10,11)12/h16-19,27,37-38H,13-15,20-22H2,1-12H3.